The van der Waals surface area contributed by atoms with Crippen molar-refractivity contribution >= 4 is 43.0 Å². The number of ether oxygens (including phenoxy) is 1. The molecule has 0 bridgehead atoms. The van der Waals surface area contributed by atoms with Gasteiger partial charge in [0.05, 0.1) is 5.56 Å². The average Bonchev–Trinajstić information content (AvgIpc) is 3.27. The molecule has 0 amide bonds. The Kier molecular flexibility index (Phi) is 6.05. The van der Waals surface area contributed by atoms with Gasteiger partial charge in [-0.25, -0.2) is 11.3 Å². The molecule has 1 radical (unpaired) electrons. The third-order valence-corrected chi connectivity index (χ3v) is 6.65. The number of aromatic nitrogens is 2. The van der Waals surface area contributed by atoms with E-state index in [0.29, 0.717) is 5.69 Å². The Morgan fingerprint density at radius 1 is 0.771 bits per heavy atom. The van der Waals surface area contributed by atoms with Crippen LogP contribution in [0, 0.1) is 6.07 Å². The number of thiophene rings is 1. The van der Waals surface area contributed by atoms with Crippen LogP contribution in [0.5, 0.6) is 11.6 Å². The van der Waals surface area contributed by atoms with Gasteiger partial charge in [-0.2, -0.15) is 18.3 Å². The molecule has 175 valence electrons. The summed E-state index contributed by atoms with van der Waals surface area (Å²) in [6, 6.07) is 27.9. The summed E-state index contributed by atoms with van der Waals surface area (Å²) in [5.74, 6) is 0.475. The fourth-order valence-corrected chi connectivity index (χ4v) is 4.91. The number of rotatable bonds is 3. The molecule has 6 aromatic rings. The maximum Gasteiger partial charge on any atom is 0.416 e. The largest absolute Gasteiger partial charge is 0.437 e. The fourth-order valence-electron chi connectivity index (χ4n) is 3.91. The summed E-state index contributed by atoms with van der Waals surface area (Å²) in [6.07, 6.45) is -4.41. The first-order valence-corrected chi connectivity index (χ1v) is 11.2. The number of alkyl halides is 3. The van der Waals surface area contributed by atoms with E-state index in [1.165, 1.54) is 12.1 Å². The van der Waals surface area contributed by atoms with Crippen molar-refractivity contribution in [3.8, 4) is 22.2 Å². The Hall–Kier alpha value is -3.32. The number of fused-ring (bicyclic) bond motifs is 3. The topological polar surface area (TPSA) is 35.0 Å². The molecule has 3 nitrogen and oxygen atoms in total. The monoisotopic (exact) mass is 664 g/mol. The number of hydrogen-bond donors (Lipinski definition) is 0. The van der Waals surface area contributed by atoms with Gasteiger partial charge in [0.1, 0.15) is 5.75 Å². The zero-order valence-electron chi connectivity index (χ0n) is 17.8. The van der Waals surface area contributed by atoms with E-state index in [0.717, 1.165) is 48.6 Å². The molecule has 0 spiro atoms. The third kappa shape index (κ3) is 4.41. The molecule has 2 aromatic heterocycles. The zero-order valence-corrected chi connectivity index (χ0v) is 21.0. The van der Waals surface area contributed by atoms with Crippen LogP contribution in [0.25, 0.3) is 42.2 Å². The normalized spacial score (nSPS) is 11.6. The molecule has 6 rings (SSSR count). The van der Waals surface area contributed by atoms with Crippen molar-refractivity contribution in [1.29, 1.82) is 0 Å². The molecule has 0 N–H and O–H groups in total. The number of benzene rings is 4. The first-order chi connectivity index (χ1) is 16.5. The molecule has 8 heteroatoms. The van der Waals surface area contributed by atoms with Gasteiger partial charge in [-0.1, -0.05) is 42.5 Å². The van der Waals surface area contributed by atoms with Crippen molar-refractivity contribution in [1.82, 2.24) is 10.2 Å². The zero-order chi connectivity index (χ0) is 23.3. The molecular formula is C27H14F3IrN2OS-. The molecule has 2 heterocycles. The maximum absolute atomic E-state index is 12.9. The molecule has 0 atom stereocenters. The Morgan fingerprint density at radius 3 is 2.11 bits per heavy atom. The van der Waals surface area contributed by atoms with Gasteiger partial charge < -0.3 is 4.74 Å². The molecule has 0 aliphatic rings. The van der Waals surface area contributed by atoms with Crippen LogP contribution >= 0.6 is 11.3 Å². The Bertz CT molecular complexity index is 1650. The minimum atomic E-state index is -4.41. The third-order valence-electron chi connectivity index (χ3n) is 5.57. The summed E-state index contributed by atoms with van der Waals surface area (Å²) in [6.45, 7) is 0. The van der Waals surface area contributed by atoms with E-state index in [9.17, 15) is 13.2 Å². The van der Waals surface area contributed by atoms with E-state index in [4.69, 9.17) is 4.74 Å². The number of nitrogens with zero attached hydrogens (tertiary/aromatic N) is 2. The maximum atomic E-state index is 12.9. The van der Waals surface area contributed by atoms with Crippen LogP contribution in [-0.4, -0.2) is 10.2 Å². The van der Waals surface area contributed by atoms with Crippen LogP contribution in [0.3, 0.4) is 0 Å². The summed E-state index contributed by atoms with van der Waals surface area (Å²) in [5.41, 5.74) is -0.0563. The van der Waals surface area contributed by atoms with Gasteiger partial charge >= 0.3 is 6.18 Å². The molecule has 0 saturated heterocycles. The molecule has 0 aliphatic carbocycles. The standard InChI is InChI=1S/C27H14F3N2OS.Ir/c28-27(29,30)19-9-11-20(12-10-19)33-26-22-14-17-6-2-1-5-16(17)13-21(22)25(31-32-26)24-15-18-7-3-4-8-23(18)34-24;/h1-14H;/q-1;. The van der Waals surface area contributed by atoms with E-state index in [-0.39, 0.29) is 31.7 Å². The molecule has 4 aromatic carbocycles. The van der Waals surface area contributed by atoms with Gasteiger partial charge in [0, 0.05) is 31.2 Å². The summed E-state index contributed by atoms with van der Waals surface area (Å²) in [4.78, 5) is 0.857. The van der Waals surface area contributed by atoms with Gasteiger partial charge in [0.15, 0.2) is 0 Å². The second-order valence-electron chi connectivity index (χ2n) is 7.78. The summed E-state index contributed by atoms with van der Waals surface area (Å²) in [7, 11) is 0. The molecular weight excluding hydrogens is 650 g/mol. The van der Waals surface area contributed by atoms with Gasteiger partial charge in [0.25, 0.3) is 0 Å². The van der Waals surface area contributed by atoms with Crippen molar-refractivity contribution in [2.24, 2.45) is 0 Å². The van der Waals surface area contributed by atoms with Crippen molar-refractivity contribution in [3.63, 3.8) is 0 Å². The quantitative estimate of drug-likeness (QED) is 0.141. The Labute approximate surface area is 215 Å². The van der Waals surface area contributed by atoms with Crippen molar-refractivity contribution < 1.29 is 38.0 Å². The van der Waals surface area contributed by atoms with E-state index < -0.39 is 11.7 Å². The first-order valence-electron chi connectivity index (χ1n) is 10.4. The van der Waals surface area contributed by atoms with Crippen LogP contribution in [0.15, 0.2) is 84.9 Å². The van der Waals surface area contributed by atoms with Crippen LogP contribution in [0.2, 0.25) is 0 Å². The minimum Gasteiger partial charge on any atom is -0.437 e. The first kappa shape index (κ1) is 23.4. The molecule has 0 saturated carbocycles. The smallest absolute Gasteiger partial charge is 0.416 e. The number of halogens is 3. The average molecular weight is 664 g/mol. The number of hydrogen-bond acceptors (Lipinski definition) is 4. The molecule has 35 heavy (non-hydrogen) atoms. The summed E-state index contributed by atoms with van der Waals surface area (Å²) < 4.78 is 45.8. The SMILES string of the molecule is FC(F)(F)c1ccc(Oc2nnc(-c3[c-]c4ccccc4s3)c3cc4ccccc4cc23)cc1.[Ir]. The van der Waals surface area contributed by atoms with E-state index in [1.54, 1.807) is 11.3 Å². The second kappa shape index (κ2) is 9.04. The molecule has 0 fully saturated rings. The van der Waals surface area contributed by atoms with Crippen molar-refractivity contribution in [2.45, 2.75) is 6.18 Å². The van der Waals surface area contributed by atoms with Gasteiger partial charge in [-0.05, 0) is 56.1 Å². The van der Waals surface area contributed by atoms with Crippen molar-refractivity contribution in [2.75, 3.05) is 0 Å². The van der Waals surface area contributed by atoms with Gasteiger partial charge in [0.2, 0.25) is 5.88 Å². The van der Waals surface area contributed by atoms with Gasteiger partial charge in [-0.3, -0.25) is 0 Å². The van der Waals surface area contributed by atoms with Gasteiger partial charge in [-0.15, -0.1) is 28.7 Å². The Balaban J connectivity index is 0.00000253. The van der Waals surface area contributed by atoms with Crippen LogP contribution in [0.4, 0.5) is 13.2 Å². The predicted molar refractivity (Wildman–Crippen MR) is 128 cm³/mol. The Morgan fingerprint density at radius 2 is 1.43 bits per heavy atom. The minimum absolute atomic E-state index is 0. The summed E-state index contributed by atoms with van der Waals surface area (Å²) >= 11 is 1.58. The van der Waals surface area contributed by atoms with Crippen LogP contribution in [-0.2, 0) is 26.3 Å². The second-order valence-corrected chi connectivity index (χ2v) is 8.83. The fraction of sp³-hybridized carbons (Fsp3) is 0.0370. The molecule has 0 aliphatic heterocycles. The summed E-state index contributed by atoms with van der Waals surface area (Å²) in [5, 5.41) is 13.4. The molecule has 0 unspecified atom stereocenters. The van der Waals surface area contributed by atoms with E-state index in [2.05, 4.69) is 16.3 Å². The van der Waals surface area contributed by atoms with Crippen molar-refractivity contribution in [3.05, 3.63) is 96.6 Å². The van der Waals surface area contributed by atoms with E-state index in [1.807, 2.05) is 60.7 Å². The van der Waals surface area contributed by atoms with Crippen LogP contribution < -0.4 is 4.74 Å². The van der Waals surface area contributed by atoms with E-state index >= 15 is 0 Å². The van der Waals surface area contributed by atoms with Crippen LogP contribution in [0.1, 0.15) is 5.56 Å². The predicted octanol–water partition coefficient (Wildman–Crippen LogP) is 8.27.